The van der Waals surface area contributed by atoms with Crippen LogP contribution in [0.3, 0.4) is 0 Å². The summed E-state index contributed by atoms with van der Waals surface area (Å²) in [5.41, 5.74) is 4.74. The van der Waals surface area contributed by atoms with E-state index in [1.54, 1.807) is 43.3 Å². The van der Waals surface area contributed by atoms with Crippen molar-refractivity contribution in [3.05, 3.63) is 94.5 Å². The number of sulfonamides is 1. The maximum absolute atomic E-state index is 13.1. The number of hydrogen-bond acceptors (Lipinski definition) is 4. The number of amides is 1. The molecule has 0 spiro atoms. The van der Waals surface area contributed by atoms with Crippen LogP contribution < -0.4 is 9.62 Å². The SMILES string of the molecule is Cc1cc(C)cc(N([C@@H](C)C(=O)Nc2cccc(C(=O)c3ccc(C(C)(C)C)cc3)c2)S(C)(=O)=O)c1. The van der Waals surface area contributed by atoms with E-state index < -0.39 is 22.0 Å². The first-order valence-electron chi connectivity index (χ1n) is 11.8. The van der Waals surface area contributed by atoms with Gasteiger partial charge in [0.25, 0.3) is 0 Å². The average Bonchev–Trinajstić information content (AvgIpc) is 2.76. The molecule has 7 heteroatoms. The maximum atomic E-state index is 13.1. The molecule has 0 bridgehead atoms. The van der Waals surface area contributed by atoms with Gasteiger partial charge in [0.15, 0.2) is 5.78 Å². The van der Waals surface area contributed by atoms with Crippen LogP contribution in [0, 0.1) is 13.8 Å². The van der Waals surface area contributed by atoms with Gasteiger partial charge < -0.3 is 5.32 Å². The van der Waals surface area contributed by atoms with Gasteiger partial charge in [-0.25, -0.2) is 8.42 Å². The molecule has 0 saturated heterocycles. The number of nitrogens with one attached hydrogen (secondary N) is 1. The van der Waals surface area contributed by atoms with Crippen LogP contribution in [0.5, 0.6) is 0 Å². The molecule has 3 rings (SSSR count). The fourth-order valence-corrected chi connectivity index (χ4v) is 5.32. The van der Waals surface area contributed by atoms with Gasteiger partial charge in [-0.2, -0.15) is 0 Å². The van der Waals surface area contributed by atoms with Crippen molar-refractivity contribution in [2.75, 3.05) is 15.9 Å². The summed E-state index contributed by atoms with van der Waals surface area (Å²) >= 11 is 0. The largest absolute Gasteiger partial charge is 0.324 e. The lowest BCUT2D eigenvalue weighted by Gasteiger charge is -2.29. The van der Waals surface area contributed by atoms with Gasteiger partial charge in [-0.1, -0.05) is 63.2 Å². The third kappa shape index (κ3) is 6.40. The van der Waals surface area contributed by atoms with Crippen molar-refractivity contribution in [3.63, 3.8) is 0 Å². The predicted molar refractivity (Wildman–Crippen MR) is 146 cm³/mol. The number of benzene rings is 3. The highest BCUT2D eigenvalue weighted by Gasteiger charge is 2.29. The predicted octanol–water partition coefficient (Wildman–Crippen LogP) is 5.63. The van der Waals surface area contributed by atoms with Crippen molar-refractivity contribution in [1.82, 2.24) is 0 Å². The van der Waals surface area contributed by atoms with E-state index in [-0.39, 0.29) is 11.2 Å². The van der Waals surface area contributed by atoms with E-state index in [0.29, 0.717) is 22.5 Å². The van der Waals surface area contributed by atoms with Crippen molar-refractivity contribution in [2.24, 2.45) is 0 Å². The number of nitrogens with zero attached hydrogens (tertiary/aromatic N) is 1. The number of hydrogen-bond donors (Lipinski definition) is 1. The molecule has 6 nitrogen and oxygen atoms in total. The van der Waals surface area contributed by atoms with Crippen molar-refractivity contribution >= 4 is 33.1 Å². The van der Waals surface area contributed by atoms with Crippen LogP contribution in [0.2, 0.25) is 0 Å². The second-order valence-electron chi connectivity index (χ2n) is 10.3. The normalized spacial score (nSPS) is 12.6. The Balaban J connectivity index is 1.83. The molecule has 0 saturated carbocycles. The zero-order valence-electron chi connectivity index (χ0n) is 21.9. The highest BCUT2D eigenvalue weighted by molar-refractivity contribution is 7.92. The van der Waals surface area contributed by atoms with E-state index in [1.165, 1.54) is 0 Å². The van der Waals surface area contributed by atoms with E-state index in [4.69, 9.17) is 0 Å². The molecule has 190 valence electrons. The monoisotopic (exact) mass is 506 g/mol. The minimum atomic E-state index is -3.74. The molecule has 0 unspecified atom stereocenters. The molecule has 1 atom stereocenters. The molecule has 0 aliphatic rings. The van der Waals surface area contributed by atoms with Gasteiger partial charge in [0.1, 0.15) is 6.04 Å². The fourth-order valence-electron chi connectivity index (χ4n) is 4.16. The maximum Gasteiger partial charge on any atom is 0.247 e. The molecular formula is C29H34N2O4S. The fraction of sp³-hybridized carbons (Fsp3) is 0.310. The van der Waals surface area contributed by atoms with Crippen LogP contribution in [0.4, 0.5) is 11.4 Å². The molecule has 1 amide bonds. The number of carbonyl (C=O) groups is 2. The minimum absolute atomic E-state index is 0.0144. The van der Waals surface area contributed by atoms with Crippen molar-refractivity contribution in [2.45, 2.75) is 53.0 Å². The molecular weight excluding hydrogens is 472 g/mol. The number of ketones is 1. The Morgan fingerprint density at radius 3 is 1.97 bits per heavy atom. The van der Waals surface area contributed by atoms with Gasteiger partial charge in [0, 0.05) is 16.8 Å². The van der Waals surface area contributed by atoms with E-state index in [9.17, 15) is 18.0 Å². The average molecular weight is 507 g/mol. The number of anilines is 2. The zero-order valence-corrected chi connectivity index (χ0v) is 22.7. The smallest absolute Gasteiger partial charge is 0.247 e. The summed E-state index contributed by atoms with van der Waals surface area (Å²) < 4.78 is 26.4. The van der Waals surface area contributed by atoms with E-state index >= 15 is 0 Å². The Morgan fingerprint density at radius 1 is 0.861 bits per heavy atom. The Labute approximate surface area is 214 Å². The number of rotatable bonds is 7. The Morgan fingerprint density at radius 2 is 1.44 bits per heavy atom. The lowest BCUT2D eigenvalue weighted by molar-refractivity contribution is -0.116. The molecule has 1 N–H and O–H groups in total. The Kier molecular flexibility index (Phi) is 7.74. The first-order chi connectivity index (χ1) is 16.7. The summed E-state index contributed by atoms with van der Waals surface area (Å²) in [5, 5.41) is 2.77. The summed E-state index contributed by atoms with van der Waals surface area (Å²) in [6.45, 7) is 11.6. The Hall–Kier alpha value is -3.45. The van der Waals surface area contributed by atoms with Crippen LogP contribution in [0.15, 0.2) is 66.7 Å². The van der Waals surface area contributed by atoms with Crippen LogP contribution >= 0.6 is 0 Å². The van der Waals surface area contributed by atoms with Gasteiger partial charge in [-0.05, 0) is 67.1 Å². The third-order valence-corrected chi connectivity index (χ3v) is 7.20. The quantitative estimate of drug-likeness (QED) is 0.421. The molecule has 0 fully saturated rings. The number of aryl methyl sites for hydroxylation is 2. The summed E-state index contributed by atoms with van der Waals surface area (Å²) in [7, 11) is -3.74. The third-order valence-electron chi connectivity index (χ3n) is 5.95. The van der Waals surface area contributed by atoms with Gasteiger partial charge >= 0.3 is 0 Å². The molecule has 0 aromatic heterocycles. The van der Waals surface area contributed by atoms with Crippen molar-refractivity contribution in [1.29, 1.82) is 0 Å². The minimum Gasteiger partial charge on any atom is -0.324 e. The number of carbonyl (C=O) groups excluding carboxylic acids is 2. The van der Waals surface area contributed by atoms with E-state index in [2.05, 4.69) is 26.1 Å². The Bertz CT molecular complexity index is 1370. The van der Waals surface area contributed by atoms with Gasteiger partial charge in [-0.3, -0.25) is 13.9 Å². The topological polar surface area (TPSA) is 83.6 Å². The van der Waals surface area contributed by atoms with Crippen LogP contribution in [0.1, 0.15) is 60.3 Å². The van der Waals surface area contributed by atoms with Gasteiger partial charge in [0.2, 0.25) is 15.9 Å². The van der Waals surface area contributed by atoms with Gasteiger partial charge in [-0.15, -0.1) is 0 Å². The second kappa shape index (κ2) is 10.3. The highest BCUT2D eigenvalue weighted by atomic mass is 32.2. The summed E-state index contributed by atoms with van der Waals surface area (Å²) in [4.78, 5) is 26.2. The van der Waals surface area contributed by atoms with Crippen LogP contribution in [-0.4, -0.2) is 32.4 Å². The van der Waals surface area contributed by atoms with Crippen molar-refractivity contribution < 1.29 is 18.0 Å². The van der Waals surface area contributed by atoms with Crippen LogP contribution in [-0.2, 0) is 20.2 Å². The highest BCUT2D eigenvalue weighted by Crippen LogP contribution is 2.26. The first-order valence-corrected chi connectivity index (χ1v) is 13.7. The molecule has 3 aromatic rings. The van der Waals surface area contributed by atoms with Crippen LogP contribution in [0.25, 0.3) is 0 Å². The molecule has 36 heavy (non-hydrogen) atoms. The van der Waals surface area contributed by atoms with E-state index in [1.807, 2.05) is 44.2 Å². The molecule has 0 heterocycles. The molecule has 0 aliphatic carbocycles. The summed E-state index contributed by atoms with van der Waals surface area (Å²) in [5.74, 6) is -0.661. The lowest BCUT2D eigenvalue weighted by Crippen LogP contribution is -2.45. The zero-order chi connectivity index (χ0) is 26.8. The summed E-state index contributed by atoms with van der Waals surface area (Å²) in [6.07, 6.45) is 1.08. The second-order valence-corrected chi connectivity index (χ2v) is 12.2. The molecule has 3 aromatic carbocycles. The molecule has 0 radical (unpaired) electrons. The van der Waals surface area contributed by atoms with Crippen molar-refractivity contribution in [3.8, 4) is 0 Å². The van der Waals surface area contributed by atoms with Gasteiger partial charge in [0.05, 0.1) is 11.9 Å². The van der Waals surface area contributed by atoms with E-state index in [0.717, 1.165) is 27.3 Å². The lowest BCUT2D eigenvalue weighted by atomic mass is 9.86. The standard InChI is InChI=1S/C29H34N2O4S/c1-19-15-20(2)17-26(16-19)31(36(7,34)35)21(3)28(33)30-25-10-8-9-23(18-25)27(32)22-11-13-24(14-12-22)29(4,5)6/h8-18,21H,1-7H3,(H,30,33)/t21-/m0/s1. The summed E-state index contributed by atoms with van der Waals surface area (Å²) in [6, 6.07) is 18.6. The molecule has 0 aliphatic heterocycles. The first kappa shape index (κ1) is 27.1.